The minimum absolute atomic E-state index is 1.24. The highest BCUT2D eigenvalue weighted by Crippen LogP contribution is 2.46. The zero-order valence-corrected chi connectivity index (χ0v) is 28.5. The van der Waals surface area contributed by atoms with Crippen LogP contribution in [-0.4, -0.2) is 0 Å². The fourth-order valence-electron chi connectivity index (χ4n) is 8.40. The van der Waals surface area contributed by atoms with Crippen molar-refractivity contribution < 1.29 is 0 Å². The summed E-state index contributed by atoms with van der Waals surface area (Å²) in [7, 11) is 0. The van der Waals surface area contributed by atoms with Gasteiger partial charge in [0, 0.05) is 20.2 Å². The van der Waals surface area contributed by atoms with E-state index in [4.69, 9.17) is 0 Å². The maximum Gasteiger partial charge on any atom is 0.0361 e. The van der Waals surface area contributed by atoms with Crippen LogP contribution in [0.25, 0.3) is 107 Å². The van der Waals surface area contributed by atoms with Crippen molar-refractivity contribution in [2.75, 3.05) is 0 Å². The van der Waals surface area contributed by atoms with E-state index < -0.39 is 0 Å². The minimum atomic E-state index is 1.24. The first kappa shape index (κ1) is 28.5. The summed E-state index contributed by atoms with van der Waals surface area (Å²) in [6, 6.07) is 67.6. The van der Waals surface area contributed by atoms with Gasteiger partial charge in [0.05, 0.1) is 0 Å². The Kier molecular flexibility index (Phi) is 6.22. The molecule has 236 valence electrons. The van der Waals surface area contributed by atoms with Gasteiger partial charge in [-0.25, -0.2) is 0 Å². The van der Waals surface area contributed by atoms with Gasteiger partial charge in [-0.2, -0.15) is 0 Å². The van der Waals surface area contributed by atoms with Crippen LogP contribution in [0, 0.1) is 0 Å². The molecule has 0 N–H and O–H groups in total. The molecule has 0 fully saturated rings. The van der Waals surface area contributed by atoms with Crippen molar-refractivity contribution in [3.63, 3.8) is 0 Å². The molecular formula is C50H30S. The number of thiophene rings is 1. The van der Waals surface area contributed by atoms with E-state index in [1.807, 2.05) is 11.3 Å². The second kappa shape index (κ2) is 11.1. The van der Waals surface area contributed by atoms with E-state index in [9.17, 15) is 0 Å². The van der Waals surface area contributed by atoms with E-state index in [1.54, 1.807) is 0 Å². The SMILES string of the molecule is c1ccc2cc3c(cc2c1)sc1cc(-c2ccc4cc(-c5c6ccccc6c(-c6cccc7ccccc67)c6ccccc56)ccc4c2)ccc13. The molecule has 0 saturated heterocycles. The maximum absolute atomic E-state index is 2.38. The van der Waals surface area contributed by atoms with Crippen LogP contribution >= 0.6 is 11.3 Å². The Morgan fingerprint density at radius 3 is 1.47 bits per heavy atom. The molecule has 0 unspecified atom stereocenters. The second-order valence-corrected chi connectivity index (χ2v) is 14.7. The van der Waals surface area contributed by atoms with Crippen molar-refractivity contribution in [1.29, 1.82) is 0 Å². The normalized spacial score (nSPS) is 11.9. The van der Waals surface area contributed by atoms with Gasteiger partial charge in [0.15, 0.2) is 0 Å². The van der Waals surface area contributed by atoms with Crippen LogP contribution in [0.5, 0.6) is 0 Å². The predicted octanol–water partition coefficient (Wildman–Crippen LogP) is 14.8. The highest BCUT2D eigenvalue weighted by molar-refractivity contribution is 7.25. The summed E-state index contributed by atoms with van der Waals surface area (Å²) < 4.78 is 2.68. The van der Waals surface area contributed by atoms with Gasteiger partial charge in [-0.1, -0.05) is 152 Å². The molecule has 0 nitrogen and oxygen atoms in total. The Hall–Kier alpha value is -6.28. The topological polar surface area (TPSA) is 0 Å². The molecule has 0 spiro atoms. The third kappa shape index (κ3) is 4.45. The lowest BCUT2D eigenvalue weighted by Gasteiger charge is -2.19. The van der Waals surface area contributed by atoms with Crippen LogP contribution < -0.4 is 0 Å². The van der Waals surface area contributed by atoms with Gasteiger partial charge in [0.2, 0.25) is 0 Å². The molecule has 0 radical (unpaired) electrons. The summed E-state index contributed by atoms with van der Waals surface area (Å²) in [6.07, 6.45) is 0. The molecule has 1 aromatic heterocycles. The van der Waals surface area contributed by atoms with E-state index in [1.165, 1.54) is 107 Å². The molecule has 0 aliphatic carbocycles. The molecule has 0 aliphatic heterocycles. The van der Waals surface area contributed by atoms with Crippen LogP contribution in [0.15, 0.2) is 182 Å². The number of fused-ring (bicyclic) bond motifs is 8. The van der Waals surface area contributed by atoms with Gasteiger partial charge in [-0.15, -0.1) is 11.3 Å². The average molecular weight is 663 g/mol. The predicted molar refractivity (Wildman–Crippen MR) is 223 cm³/mol. The highest BCUT2D eigenvalue weighted by atomic mass is 32.1. The quantitative estimate of drug-likeness (QED) is 0.165. The molecule has 0 saturated carbocycles. The maximum atomic E-state index is 2.38. The number of rotatable bonds is 3. The van der Waals surface area contributed by atoms with Crippen molar-refractivity contribution in [1.82, 2.24) is 0 Å². The molecule has 0 amide bonds. The zero-order valence-electron chi connectivity index (χ0n) is 27.7. The smallest absolute Gasteiger partial charge is 0.0361 e. The number of benzene rings is 10. The highest BCUT2D eigenvalue weighted by Gasteiger charge is 2.18. The van der Waals surface area contributed by atoms with Crippen LogP contribution in [0.3, 0.4) is 0 Å². The number of hydrogen-bond acceptors (Lipinski definition) is 1. The molecular weight excluding hydrogens is 633 g/mol. The fourth-order valence-corrected chi connectivity index (χ4v) is 9.57. The second-order valence-electron chi connectivity index (χ2n) is 13.7. The molecule has 51 heavy (non-hydrogen) atoms. The molecule has 11 aromatic rings. The summed E-state index contributed by atoms with van der Waals surface area (Å²) >= 11 is 1.89. The lowest BCUT2D eigenvalue weighted by atomic mass is 9.84. The molecule has 0 atom stereocenters. The van der Waals surface area contributed by atoms with Gasteiger partial charge in [0.25, 0.3) is 0 Å². The Morgan fingerprint density at radius 2 is 0.745 bits per heavy atom. The first-order valence-corrected chi connectivity index (χ1v) is 18.4. The number of hydrogen-bond donors (Lipinski definition) is 0. The van der Waals surface area contributed by atoms with E-state index >= 15 is 0 Å². The summed E-state index contributed by atoms with van der Waals surface area (Å²) in [6.45, 7) is 0. The molecule has 0 aliphatic rings. The van der Waals surface area contributed by atoms with Crippen LogP contribution in [-0.2, 0) is 0 Å². The standard InChI is InChI=1S/C50H30S/c1-2-12-33-29-48-46(28-32(33)11-1)40-25-24-37(30-47(40)51-48)35-20-21-36-27-38(23-22-34(36)26-35)49-42-15-5-7-17-44(42)50(45-18-8-6-16-43(45)49)41-19-9-13-31-10-3-4-14-39(31)41/h1-30H. The Balaban J connectivity index is 1.05. The summed E-state index contributed by atoms with van der Waals surface area (Å²) in [4.78, 5) is 0. The largest absolute Gasteiger partial charge is 0.135 e. The lowest BCUT2D eigenvalue weighted by molar-refractivity contribution is 1.67. The minimum Gasteiger partial charge on any atom is -0.135 e. The molecule has 10 aromatic carbocycles. The Bertz CT molecular complexity index is 3130. The zero-order chi connectivity index (χ0) is 33.5. The first-order chi connectivity index (χ1) is 25.3. The van der Waals surface area contributed by atoms with Crippen LogP contribution in [0.4, 0.5) is 0 Å². The molecule has 1 heterocycles. The third-order valence-corrected chi connectivity index (χ3v) is 11.9. The Morgan fingerprint density at radius 1 is 0.255 bits per heavy atom. The van der Waals surface area contributed by atoms with E-state index in [0.717, 1.165) is 0 Å². The summed E-state index contributed by atoms with van der Waals surface area (Å²) in [5.74, 6) is 0. The molecule has 0 bridgehead atoms. The van der Waals surface area contributed by atoms with Crippen molar-refractivity contribution in [2.45, 2.75) is 0 Å². The van der Waals surface area contributed by atoms with E-state index in [-0.39, 0.29) is 0 Å². The Labute approximate surface area is 299 Å². The van der Waals surface area contributed by atoms with Crippen molar-refractivity contribution in [3.05, 3.63) is 182 Å². The van der Waals surface area contributed by atoms with Crippen LogP contribution in [0.1, 0.15) is 0 Å². The molecule has 1 heteroatoms. The first-order valence-electron chi connectivity index (χ1n) is 17.6. The van der Waals surface area contributed by atoms with E-state index in [0.29, 0.717) is 0 Å². The van der Waals surface area contributed by atoms with Crippen molar-refractivity contribution >= 4 is 85.4 Å². The van der Waals surface area contributed by atoms with Crippen molar-refractivity contribution in [2.24, 2.45) is 0 Å². The summed E-state index contributed by atoms with van der Waals surface area (Å²) in [5.41, 5.74) is 7.61. The van der Waals surface area contributed by atoms with Gasteiger partial charge < -0.3 is 0 Å². The monoisotopic (exact) mass is 662 g/mol. The third-order valence-electron chi connectivity index (χ3n) is 10.8. The van der Waals surface area contributed by atoms with Crippen LogP contribution in [0.2, 0.25) is 0 Å². The van der Waals surface area contributed by atoms with Crippen molar-refractivity contribution in [3.8, 4) is 33.4 Å². The van der Waals surface area contributed by atoms with Gasteiger partial charge in [-0.3, -0.25) is 0 Å². The molecule has 11 rings (SSSR count). The lowest BCUT2D eigenvalue weighted by Crippen LogP contribution is -1.91. The van der Waals surface area contributed by atoms with Gasteiger partial charge in [0.1, 0.15) is 0 Å². The average Bonchev–Trinajstić information content (AvgIpc) is 3.55. The fraction of sp³-hybridized carbons (Fsp3) is 0. The van der Waals surface area contributed by atoms with E-state index in [2.05, 4.69) is 182 Å². The van der Waals surface area contributed by atoms with Gasteiger partial charge >= 0.3 is 0 Å². The van der Waals surface area contributed by atoms with Gasteiger partial charge in [-0.05, 0) is 118 Å². The summed E-state index contributed by atoms with van der Waals surface area (Å²) in [5, 5.41) is 15.4.